The topological polar surface area (TPSA) is 38.7 Å². The molecule has 0 N–H and O–H groups in total. The van der Waals surface area contributed by atoms with E-state index in [0.717, 1.165) is 21.0 Å². The minimum absolute atomic E-state index is 0.732. The zero-order valence-electron chi connectivity index (χ0n) is 6.86. The highest BCUT2D eigenvalue weighted by atomic mass is 79.9. The predicted molar refractivity (Wildman–Crippen MR) is 55.6 cm³/mol. The molecule has 0 bridgehead atoms. The van der Waals surface area contributed by atoms with E-state index in [1.54, 1.807) is 23.7 Å². The van der Waals surface area contributed by atoms with Crippen molar-refractivity contribution in [3.63, 3.8) is 0 Å². The summed E-state index contributed by atoms with van der Waals surface area (Å²) >= 11 is 4.88. The fourth-order valence-electron chi connectivity index (χ4n) is 0.947. The van der Waals surface area contributed by atoms with Gasteiger partial charge in [-0.1, -0.05) is 0 Å². The highest BCUT2D eigenvalue weighted by Crippen LogP contribution is 2.19. The molecular formula is C8H6BrN3S. The Morgan fingerprint density at radius 3 is 2.69 bits per heavy atom. The maximum absolute atomic E-state index is 4.32. The second-order valence-electron chi connectivity index (χ2n) is 2.48. The van der Waals surface area contributed by atoms with Crippen molar-refractivity contribution in [3.8, 4) is 11.4 Å². The Labute approximate surface area is 88.0 Å². The van der Waals surface area contributed by atoms with Gasteiger partial charge in [0.05, 0.1) is 17.4 Å². The van der Waals surface area contributed by atoms with Gasteiger partial charge in [0.1, 0.15) is 16.0 Å². The quantitative estimate of drug-likeness (QED) is 0.787. The molecule has 0 radical (unpaired) electrons. The van der Waals surface area contributed by atoms with Crippen molar-refractivity contribution in [2.75, 3.05) is 0 Å². The lowest BCUT2D eigenvalue weighted by molar-refractivity contribution is 1.15. The van der Waals surface area contributed by atoms with Gasteiger partial charge in [0.15, 0.2) is 0 Å². The highest BCUT2D eigenvalue weighted by Gasteiger charge is 2.03. The van der Waals surface area contributed by atoms with Crippen LogP contribution in [0.5, 0.6) is 0 Å². The average molecular weight is 256 g/mol. The van der Waals surface area contributed by atoms with E-state index in [1.807, 2.05) is 12.3 Å². The number of thiazole rings is 1. The third-order valence-electron chi connectivity index (χ3n) is 1.49. The molecule has 2 aromatic heterocycles. The average Bonchev–Trinajstić information content (AvgIpc) is 2.52. The third-order valence-corrected chi connectivity index (χ3v) is 2.64. The predicted octanol–water partition coefficient (Wildman–Crippen LogP) is 2.67. The summed E-state index contributed by atoms with van der Waals surface area (Å²) in [6, 6.07) is 0. The van der Waals surface area contributed by atoms with E-state index in [4.69, 9.17) is 0 Å². The van der Waals surface area contributed by atoms with E-state index in [0.29, 0.717) is 0 Å². The number of hydrogen-bond acceptors (Lipinski definition) is 4. The third kappa shape index (κ3) is 1.92. The lowest BCUT2D eigenvalue weighted by atomic mass is 10.4. The summed E-state index contributed by atoms with van der Waals surface area (Å²) in [6.45, 7) is 1.97. The SMILES string of the molecule is Cc1nc(-c2cncc(Br)n2)cs1. The molecule has 3 nitrogen and oxygen atoms in total. The van der Waals surface area contributed by atoms with Crippen molar-refractivity contribution in [1.29, 1.82) is 0 Å². The fourth-order valence-corrected chi connectivity index (χ4v) is 1.86. The highest BCUT2D eigenvalue weighted by molar-refractivity contribution is 9.10. The molecule has 0 aliphatic rings. The van der Waals surface area contributed by atoms with E-state index < -0.39 is 0 Å². The summed E-state index contributed by atoms with van der Waals surface area (Å²) in [6.07, 6.45) is 3.36. The van der Waals surface area contributed by atoms with Crippen molar-refractivity contribution >= 4 is 27.3 Å². The molecule has 2 heterocycles. The molecule has 0 amide bonds. The van der Waals surface area contributed by atoms with Gasteiger partial charge < -0.3 is 0 Å². The minimum Gasteiger partial charge on any atom is -0.260 e. The Kier molecular flexibility index (Phi) is 2.37. The van der Waals surface area contributed by atoms with Crippen molar-refractivity contribution in [3.05, 3.63) is 27.4 Å². The number of aromatic nitrogens is 3. The lowest BCUT2D eigenvalue weighted by Crippen LogP contribution is -1.86. The van der Waals surface area contributed by atoms with Crippen LogP contribution in [-0.2, 0) is 0 Å². The normalized spacial score (nSPS) is 10.3. The van der Waals surface area contributed by atoms with Crippen molar-refractivity contribution in [2.24, 2.45) is 0 Å². The van der Waals surface area contributed by atoms with Gasteiger partial charge >= 0.3 is 0 Å². The monoisotopic (exact) mass is 255 g/mol. The van der Waals surface area contributed by atoms with Gasteiger partial charge in [0, 0.05) is 5.38 Å². The second kappa shape index (κ2) is 3.51. The molecule has 0 spiro atoms. The molecule has 0 saturated carbocycles. The van der Waals surface area contributed by atoms with Crippen LogP contribution in [0, 0.1) is 6.92 Å². The maximum atomic E-state index is 4.32. The van der Waals surface area contributed by atoms with Gasteiger partial charge in [-0.05, 0) is 22.9 Å². The first kappa shape index (κ1) is 8.77. The van der Waals surface area contributed by atoms with Crippen LogP contribution in [-0.4, -0.2) is 15.0 Å². The van der Waals surface area contributed by atoms with Gasteiger partial charge in [-0.15, -0.1) is 11.3 Å². The summed E-state index contributed by atoms with van der Waals surface area (Å²) in [5, 5.41) is 3.02. The minimum atomic E-state index is 0.732. The number of nitrogens with zero attached hydrogens (tertiary/aromatic N) is 3. The Morgan fingerprint density at radius 1 is 1.23 bits per heavy atom. The molecular weight excluding hydrogens is 250 g/mol. The zero-order valence-corrected chi connectivity index (χ0v) is 9.26. The lowest BCUT2D eigenvalue weighted by Gasteiger charge is -1.94. The van der Waals surface area contributed by atoms with Crippen LogP contribution < -0.4 is 0 Å². The molecule has 0 aliphatic heterocycles. The fraction of sp³-hybridized carbons (Fsp3) is 0.125. The molecule has 66 valence electrons. The molecule has 0 atom stereocenters. The van der Waals surface area contributed by atoms with Crippen LogP contribution in [0.1, 0.15) is 5.01 Å². The standard InChI is InChI=1S/C8H6BrN3S/c1-5-11-7(4-13-5)6-2-10-3-8(9)12-6/h2-4H,1H3. The number of hydrogen-bond donors (Lipinski definition) is 0. The van der Waals surface area contributed by atoms with Crippen LogP contribution in [0.25, 0.3) is 11.4 Å². The van der Waals surface area contributed by atoms with Crippen LogP contribution in [0.4, 0.5) is 0 Å². The Morgan fingerprint density at radius 2 is 2.08 bits per heavy atom. The molecule has 0 aromatic carbocycles. The largest absolute Gasteiger partial charge is 0.260 e. The first-order chi connectivity index (χ1) is 6.25. The molecule has 0 saturated heterocycles. The number of halogens is 1. The first-order valence-corrected chi connectivity index (χ1v) is 5.33. The van der Waals surface area contributed by atoms with Crippen LogP contribution in [0.15, 0.2) is 22.4 Å². The van der Waals surface area contributed by atoms with Gasteiger partial charge in [-0.2, -0.15) is 0 Å². The smallest absolute Gasteiger partial charge is 0.125 e. The van der Waals surface area contributed by atoms with Gasteiger partial charge in [-0.25, -0.2) is 9.97 Å². The number of rotatable bonds is 1. The van der Waals surface area contributed by atoms with E-state index in [2.05, 4.69) is 30.9 Å². The van der Waals surface area contributed by atoms with Gasteiger partial charge in [0.2, 0.25) is 0 Å². The van der Waals surface area contributed by atoms with Crippen LogP contribution in [0.3, 0.4) is 0 Å². The van der Waals surface area contributed by atoms with Crippen LogP contribution >= 0.6 is 27.3 Å². The van der Waals surface area contributed by atoms with E-state index >= 15 is 0 Å². The molecule has 0 aliphatic carbocycles. The summed E-state index contributed by atoms with van der Waals surface area (Å²) in [5.74, 6) is 0. The summed E-state index contributed by atoms with van der Waals surface area (Å²) in [7, 11) is 0. The van der Waals surface area contributed by atoms with Crippen molar-refractivity contribution in [1.82, 2.24) is 15.0 Å². The Bertz CT molecular complexity index is 427. The maximum Gasteiger partial charge on any atom is 0.125 e. The summed E-state index contributed by atoms with van der Waals surface area (Å²) in [4.78, 5) is 12.6. The Hall–Kier alpha value is -0.810. The zero-order chi connectivity index (χ0) is 9.26. The van der Waals surface area contributed by atoms with E-state index in [-0.39, 0.29) is 0 Å². The van der Waals surface area contributed by atoms with Gasteiger partial charge in [-0.3, -0.25) is 4.98 Å². The molecule has 2 rings (SSSR count). The molecule has 13 heavy (non-hydrogen) atoms. The van der Waals surface area contributed by atoms with Gasteiger partial charge in [0.25, 0.3) is 0 Å². The molecule has 0 unspecified atom stereocenters. The summed E-state index contributed by atoms with van der Waals surface area (Å²) < 4.78 is 0.732. The van der Waals surface area contributed by atoms with Crippen molar-refractivity contribution < 1.29 is 0 Å². The molecule has 2 aromatic rings. The second-order valence-corrected chi connectivity index (χ2v) is 4.35. The van der Waals surface area contributed by atoms with Crippen LogP contribution in [0.2, 0.25) is 0 Å². The Balaban J connectivity index is 2.46. The molecule has 0 fully saturated rings. The number of aryl methyl sites for hydroxylation is 1. The summed E-state index contributed by atoms with van der Waals surface area (Å²) in [5.41, 5.74) is 1.69. The van der Waals surface area contributed by atoms with Crippen molar-refractivity contribution in [2.45, 2.75) is 6.92 Å². The van der Waals surface area contributed by atoms with E-state index in [1.165, 1.54) is 0 Å². The molecule has 5 heteroatoms. The van der Waals surface area contributed by atoms with E-state index in [9.17, 15) is 0 Å². The first-order valence-electron chi connectivity index (χ1n) is 3.66.